The summed E-state index contributed by atoms with van der Waals surface area (Å²) in [6.07, 6.45) is 0. The Morgan fingerprint density at radius 2 is 1.97 bits per heavy atom. The molecule has 7 nitrogen and oxygen atoms in total. The topological polar surface area (TPSA) is 88.1 Å². The zero-order chi connectivity index (χ0) is 21.3. The number of ether oxygens (including phenoxy) is 1. The molecule has 2 aromatic carbocycles. The van der Waals surface area contributed by atoms with Gasteiger partial charge in [-0.1, -0.05) is 25.4 Å². The normalized spacial score (nSPS) is 15.0. The second kappa shape index (κ2) is 8.04. The zero-order valence-electron chi connectivity index (χ0n) is 16.6. The van der Waals surface area contributed by atoms with Gasteiger partial charge in [0.1, 0.15) is 16.5 Å². The van der Waals surface area contributed by atoms with Crippen LogP contribution in [0.3, 0.4) is 0 Å². The highest BCUT2D eigenvalue weighted by Crippen LogP contribution is 2.33. The number of carbonyl (C=O) groups is 1. The van der Waals surface area contributed by atoms with Crippen molar-refractivity contribution in [3.63, 3.8) is 0 Å². The molecule has 154 valence electrons. The number of nitrogens with zero attached hydrogens (tertiary/aromatic N) is 2. The number of amidine groups is 1. The first-order valence-corrected chi connectivity index (χ1v) is 10.8. The maximum atomic E-state index is 12.7. The third-order valence-electron chi connectivity index (χ3n) is 4.39. The highest BCUT2D eigenvalue weighted by atomic mass is 35.5. The third-order valence-corrected chi connectivity index (χ3v) is 6.07. The van der Waals surface area contributed by atoms with Crippen molar-refractivity contribution in [3.05, 3.63) is 47.0 Å². The van der Waals surface area contributed by atoms with Gasteiger partial charge in [-0.15, -0.1) is 4.40 Å². The van der Waals surface area contributed by atoms with Crippen LogP contribution in [0.15, 0.2) is 45.7 Å². The summed E-state index contributed by atoms with van der Waals surface area (Å²) >= 11 is 6.09. The lowest BCUT2D eigenvalue weighted by Crippen LogP contribution is -2.36. The minimum Gasteiger partial charge on any atom is -0.495 e. The van der Waals surface area contributed by atoms with E-state index in [-0.39, 0.29) is 10.5 Å². The van der Waals surface area contributed by atoms with Crippen LogP contribution < -0.4 is 15.0 Å². The summed E-state index contributed by atoms with van der Waals surface area (Å²) in [7, 11) is -2.38. The van der Waals surface area contributed by atoms with E-state index in [1.165, 1.54) is 13.2 Å². The number of nitrogens with one attached hydrogen (secondary N) is 1. The molecule has 1 aliphatic rings. The van der Waals surface area contributed by atoms with Gasteiger partial charge < -0.3 is 15.0 Å². The Morgan fingerprint density at radius 1 is 1.24 bits per heavy atom. The number of rotatable bonds is 5. The smallest absolute Gasteiger partial charge is 0.286 e. The number of amides is 1. The number of fused-ring (bicyclic) bond motifs is 1. The van der Waals surface area contributed by atoms with Crippen molar-refractivity contribution in [2.75, 3.05) is 23.9 Å². The van der Waals surface area contributed by atoms with E-state index in [1.54, 1.807) is 37.3 Å². The van der Waals surface area contributed by atoms with Crippen LogP contribution in [-0.2, 0) is 10.0 Å². The van der Waals surface area contributed by atoms with Crippen LogP contribution in [0.4, 0.5) is 11.4 Å². The molecular weight excluding hydrogens is 414 g/mol. The van der Waals surface area contributed by atoms with Crippen LogP contribution in [0.5, 0.6) is 5.75 Å². The van der Waals surface area contributed by atoms with Crippen LogP contribution in [0.25, 0.3) is 0 Å². The minimum atomic E-state index is -3.88. The van der Waals surface area contributed by atoms with Gasteiger partial charge in [-0.2, -0.15) is 8.42 Å². The monoisotopic (exact) mass is 435 g/mol. The number of hydrogen-bond donors (Lipinski definition) is 1. The number of sulfonamides is 1. The molecule has 1 amide bonds. The lowest BCUT2D eigenvalue weighted by Gasteiger charge is -2.30. The highest BCUT2D eigenvalue weighted by molar-refractivity contribution is 7.90. The van der Waals surface area contributed by atoms with E-state index >= 15 is 0 Å². The summed E-state index contributed by atoms with van der Waals surface area (Å²) in [5, 5.41) is 3.07. The lowest BCUT2D eigenvalue weighted by molar-refractivity contribution is 0.102. The summed E-state index contributed by atoms with van der Waals surface area (Å²) in [5.74, 6) is 0.752. The standard InChI is InChI=1S/C20H22ClN3O4S/c1-12(2)11-24-13(3)23-29(26,27)19-9-14(5-7-17(19)24)20(25)22-15-6-8-18(28-4)16(21)10-15/h5-10,12H,11H2,1-4H3,(H,22,25). The first-order valence-electron chi connectivity index (χ1n) is 9.00. The molecule has 2 aromatic rings. The Kier molecular flexibility index (Phi) is 5.86. The number of methoxy groups -OCH3 is 1. The van der Waals surface area contributed by atoms with E-state index in [0.717, 1.165) is 0 Å². The molecule has 0 saturated carbocycles. The average Bonchev–Trinajstić information content (AvgIpc) is 2.64. The van der Waals surface area contributed by atoms with Gasteiger partial charge in [-0.05, 0) is 49.2 Å². The van der Waals surface area contributed by atoms with Gasteiger partial charge in [0.15, 0.2) is 0 Å². The maximum Gasteiger partial charge on any atom is 0.286 e. The molecule has 0 saturated heterocycles. The second-order valence-corrected chi connectivity index (χ2v) is 9.08. The number of carbonyl (C=O) groups excluding carboxylic acids is 1. The number of benzene rings is 2. The summed E-state index contributed by atoms with van der Waals surface area (Å²) in [6, 6.07) is 9.44. The summed E-state index contributed by atoms with van der Waals surface area (Å²) in [4.78, 5) is 14.5. The van der Waals surface area contributed by atoms with E-state index in [1.807, 2.05) is 18.7 Å². The third kappa shape index (κ3) is 4.38. The van der Waals surface area contributed by atoms with Gasteiger partial charge in [-0.25, -0.2) is 0 Å². The molecule has 29 heavy (non-hydrogen) atoms. The van der Waals surface area contributed by atoms with E-state index in [9.17, 15) is 13.2 Å². The quantitative estimate of drug-likeness (QED) is 0.760. The fraction of sp³-hybridized carbons (Fsp3) is 0.300. The predicted molar refractivity (Wildman–Crippen MR) is 115 cm³/mol. The molecule has 9 heteroatoms. The molecule has 3 rings (SSSR count). The van der Waals surface area contributed by atoms with Gasteiger partial charge in [0, 0.05) is 17.8 Å². The van der Waals surface area contributed by atoms with Gasteiger partial charge in [0.05, 0.1) is 17.8 Å². The van der Waals surface area contributed by atoms with Crippen LogP contribution in [0.1, 0.15) is 31.1 Å². The van der Waals surface area contributed by atoms with Gasteiger partial charge in [0.2, 0.25) is 0 Å². The Morgan fingerprint density at radius 3 is 2.59 bits per heavy atom. The molecular formula is C20H22ClN3O4S. The SMILES string of the molecule is COc1ccc(NC(=O)c2ccc3c(c2)S(=O)(=O)N=C(C)N3CC(C)C)cc1Cl. The minimum absolute atomic E-state index is 0.0177. The molecule has 0 aromatic heterocycles. The Labute approximate surface area is 175 Å². The van der Waals surface area contributed by atoms with Crippen molar-refractivity contribution in [1.82, 2.24) is 0 Å². The molecule has 0 radical (unpaired) electrons. The second-order valence-electron chi connectivity index (χ2n) is 7.10. The molecule has 0 bridgehead atoms. The Hall–Kier alpha value is -2.58. The van der Waals surface area contributed by atoms with Gasteiger partial charge >= 0.3 is 0 Å². The van der Waals surface area contributed by atoms with Crippen molar-refractivity contribution in [1.29, 1.82) is 0 Å². The zero-order valence-corrected chi connectivity index (χ0v) is 18.1. The summed E-state index contributed by atoms with van der Waals surface area (Å²) in [6.45, 7) is 6.36. The lowest BCUT2D eigenvalue weighted by atomic mass is 10.1. The van der Waals surface area contributed by atoms with Crippen LogP contribution in [0.2, 0.25) is 5.02 Å². The molecule has 1 N–H and O–H groups in total. The van der Waals surface area contributed by atoms with Crippen molar-refractivity contribution in [3.8, 4) is 5.75 Å². The molecule has 0 aliphatic carbocycles. The fourth-order valence-corrected chi connectivity index (χ4v) is 4.60. The fourth-order valence-electron chi connectivity index (χ4n) is 3.07. The van der Waals surface area contributed by atoms with Crippen LogP contribution >= 0.6 is 11.6 Å². The van der Waals surface area contributed by atoms with E-state index in [0.29, 0.717) is 40.4 Å². The summed E-state index contributed by atoms with van der Waals surface area (Å²) in [5.41, 5.74) is 1.20. The predicted octanol–water partition coefficient (Wildman–Crippen LogP) is 4.18. The Balaban J connectivity index is 1.94. The molecule has 1 aliphatic heterocycles. The van der Waals surface area contributed by atoms with Gasteiger partial charge in [0.25, 0.3) is 15.9 Å². The van der Waals surface area contributed by atoms with Crippen molar-refractivity contribution in [2.24, 2.45) is 10.3 Å². The first-order chi connectivity index (χ1) is 13.6. The van der Waals surface area contributed by atoms with Crippen molar-refractivity contribution < 1.29 is 17.9 Å². The number of hydrogen-bond acceptors (Lipinski definition) is 5. The largest absolute Gasteiger partial charge is 0.495 e. The van der Waals surface area contributed by atoms with Crippen molar-refractivity contribution in [2.45, 2.75) is 25.7 Å². The average molecular weight is 436 g/mol. The molecule has 0 atom stereocenters. The van der Waals surface area contributed by atoms with Crippen LogP contribution in [0, 0.1) is 5.92 Å². The van der Waals surface area contributed by atoms with E-state index in [2.05, 4.69) is 9.71 Å². The number of anilines is 2. The van der Waals surface area contributed by atoms with E-state index < -0.39 is 15.9 Å². The van der Waals surface area contributed by atoms with Crippen LogP contribution in [-0.4, -0.2) is 33.8 Å². The molecule has 0 spiro atoms. The molecule has 1 heterocycles. The van der Waals surface area contributed by atoms with Crippen molar-refractivity contribution >= 4 is 44.7 Å². The summed E-state index contributed by atoms with van der Waals surface area (Å²) < 4.78 is 34.1. The maximum absolute atomic E-state index is 12.7. The molecule has 0 unspecified atom stereocenters. The van der Waals surface area contributed by atoms with E-state index in [4.69, 9.17) is 16.3 Å². The Bertz CT molecular complexity index is 1100. The first kappa shape index (κ1) is 21.1. The highest BCUT2D eigenvalue weighted by Gasteiger charge is 2.30. The van der Waals surface area contributed by atoms with Gasteiger partial charge in [-0.3, -0.25) is 4.79 Å². The number of halogens is 1. The molecule has 0 fully saturated rings.